The van der Waals surface area contributed by atoms with E-state index in [1.54, 1.807) is 30.7 Å². The summed E-state index contributed by atoms with van der Waals surface area (Å²) in [7, 11) is -0.353. The Labute approximate surface area is 309 Å². The number of methoxy groups -OCH3 is 2. The normalized spacial score (nSPS) is 22.3. The Balaban J connectivity index is 0.000000249. The molecule has 0 spiro atoms. The lowest BCUT2D eigenvalue weighted by Crippen LogP contribution is -2.54. The van der Waals surface area contributed by atoms with Crippen molar-refractivity contribution in [2.75, 3.05) is 67.0 Å². The van der Waals surface area contributed by atoms with Crippen LogP contribution in [-0.2, 0) is 46.5 Å². The van der Waals surface area contributed by atoms with Gasteiger partial charge in [0.1, 0.15) is 0 Å². The lowest BCUT2D eigenvalue weighted by Gasteiger charge is -2.38. The molecule has 3 aliphatic heterocycles. The molecule has 0 aliphatic carbocycles. The van der Waals surface area contributed by atoms with E-state index in [-0.39, 0.29) is 32.2 Å². The summed E-state index contributed by atoms with van der Waals surface area (Å²) >= 11 is 11.8. The van der Waals surface area contributed by atoms with Crippen molar-refractivity contribution in [1.29, 1.82) is 0 Å². The molecule has 1 N–H and O–H groups in total. The largest absolute Gasteiger partial charge is 0.382 e. The van der Waals surface area contributed by atoms with Crippen LogP contribution in [0.3, 0.4) is 0 Å². The van der Waals surface area contributed by atoms with Crippen LogP contribution in [-0.4, -0.2) is 104 Å². The predicted octanol–water partition coefficient (Wildman–Crippen LogP) is 6.61. The summed E-state index contributed by atoms with van der Waals surface area (Å²) in [6, 6.07) is 22.5. The van der Waals surface area contributed by atoms with E-state index in [1.165, 1.54) is 18.4 Å². The Bertz CT molecular complexity index is 1460. The van der Waals surface area contributed by atoms with Crippen molar-refractivity contribution in [1.82, 2.24) is 9.62 Å². The Morgan fingerprint density at radius 3 is 1.82 bits per heavy atom. The van der Waals surface area contributed by atoms with E-state index in [4.69, 9.17) is 46.9 Å². The second-order valence-corrected chi connectivity index (χ2v) is 15.2. The third-order valence-corrected chi connectivity index (χ3v) is 10.9. The zero-order chi connectivity index (χ0) is 35.1. The minimum absolute atomic E-state index is 0. The lowest BCUT2D eigenvalue weighted by molar-refractivity contribution is -0.0633. The summed E-state index contributed by atoms with van der Waals surface area (Å²) in [5, 5.41) is 4.91. The fourth-order valence-corrected chi connectivity index (χ4v) is 7.61. The summed E-state index contributed by atoms with van der Waals surface area (Å²) in [4.78, 5) is 0.298. The first-order valence-electron chi connectivity index (χ1n) is 16.8. The Morgan fingerprint density at radius 1 is 0.780 bits per heavy atom. The van der Waals surface area contributed by atoms with E-state index in [9.17, 15) is 8.42 Å². The molecule has 0 bridgehead atoms. The van der Waals surface area contributed by atoms with Crippen molar-refractivity contribution in [2.24, 2.45) is 0 Å². The van der Waals surface area contributed by atoms with Crippen LogP contribution in [0.2, 0.25) is 10.0 Å². The predicted molar refractivity (Wildman–Crippen MR) is 201 cm³/mol. The molecule has 0 amide bonds. The summed E-state index contributed by atoms with van der Waals surface area (Å²) in [6.07, 6.45) is 3.98. The lowest BCUT2D eigenvalue weighted by atomic mass is 10.1. The van der Waals surface area contributed by atoms with Crippen molar-refractivity contribution >= 4 is 33.2 Å². The van der Waals surface area contributed by atoms with Gasteiger partial charge in [-0.05, 0) is 80.1 Å². The maximum Gasteiger partial charge on any atom is 0.243 e. The number of benzene rings is 3. The van der Waals surface area contributed by atoms with Gasteiger partial charge in [0, 0.05) is 56.6 Å². The minimum Gasteiger partial charge on any atom is -0.382 e. The van der Waals surface area contributed by atoms with Crippen molar-refractivity contribution in [3.05, 3.63) is 99.5 Å². The van der Waals surface area contributed by atoms with Crippen molar-refractivity contribution in [3.63, 3.8) is 0 Å². The van der Waals surface area contributed by atoms with Crippen molar-refractivity contribution in [3.8, 4) is 0 Å². The molecule has 3 aromatic rings. The highest BCUT2D eigenvalue weighted by atomic mass is 35.5. The van der Waals surface area contributed by atoms with Gasteiger partial charge in [-0.1, -0.05) is 72.6 Å². The number of nitrogens with one attached hydrogen (secondary N) is 1. The molecule has 3 aromatic carbocycles. The van der Waals surface area contributed by atoms with Crippen LogP contribution in [0.15, 0.2) is 77.7 Å². The van der Waals surface area contributed by atoms with Gasteiger partial charge in [0.25, 0.3) is 0 Å². The molecule has 0 aromatic heterocycles. The molecule has 12 heteroatoms. The zero-order valence-corrected chi connectivity index (χ0v) is 31.0. The average Bonchev–Trinajstić information content (AvgIpc) is 3.70. The summed E-state index contributed by atoms with van der Waals surface area (Å²) in [6.45, 7) is 7.12. The molecular formula is C38H54Cl2N2O7S. The van der Waals surface area contributed by atoms with Crippen LogP contribution >= 0.6 is 23.2 Å². The summed E-state index contributed by atoms with van der Waals surface area (Å²) in [5.74, 6) is 0. The molecule has 2 unspecified atom stereocenters. The number of aryl methyl sites for hydroxylation is 1. The van der Waals surface area contributed by atoms with Gasteiger partial charge in [-0.2, -0.15) is 4.31 Å². The molecule has 50 heavy (non-hydrogen) atoms. The summed E-state index contributed by atoms with van der Waals surface area (Å²) < 4.78 is 54.9. The molecule has 0 radical (unpaired) electrons. The second-order valence-electron chi connectivity index (χ2n) is 12.4. The highest BCUT2D eigenvalue weighted by molar-refractivity contribution is 7.89. The zero-order valence-electron chi connectivity index (χ0n) is 28.7. The third-order valence-electron chi connectivity index (χ3n) is 8.42. The molecule has 3 saturated heterocycles. The van der Waals surface area contributed by atoms with E-state index in [0.29, 0.717) is 42.2 Å². The first kappa shape index (κ1) is 42.3. The number of hydrogen-bond donors (Lipinski definition) is 1. The Hall–Kier alpha value is -2.09. The quantitative estimate of drug-likeness (QED) is 0.247. The van der Waals surface area contributed by atoms with Crippen LogP contribution in [0, 0.1) is 6.92 Å². The maximum absolute atomic E-state index is 13.3. The number of hydrogen-bond acceptors (Lipinski definition) is 8. The topological polar surface area (TPSA) is 95.6 Å². The number of halogens is 2. The van der Waals surface area contributed by atoms with Crippen LogP contribution in [0.1, 0.15) is 37.0 Å². The van der Waals surface area contributed by atoms with Gasteiger partial charge >= 0.3 is 0 Å². The van der Waals surface area contributed by atoms with E-state index >= 15 is 0 Å². The standard InChI is InChI=1S/C20H24ClNO4S.C13H18ClNO2.C4H8O.CH4/c1-15-3-9-20(10-4-15)27(23,24)22-12-19(14-25-2)26-13-18(22)11-16-5-7-17(21)8-6-16;1-16-9-13-7-15-12(8-17-13)6-10-2-4-11(14)5-3-10;1-2-4-5-3-1;/h3-10,18-19H,11-14H2,1-2H3;2-5,12-13,15H,6-9H2,1H3;1-4H2;1H4/t18?,19-;12?,13-;;/m11../s1. The molecule has 4 atom stereocenters. The molecule has 6 rings (SSSR count). The average molecular weight is 754 g/mol. The highest BCUT2D eigenvalue weighted by Crippen LogP contribution is 2.26. The molecule has 9 nitrogen and oxygen atoms in total. The maximum atomic E-state index is 13.3. The monoisotopic (exact) mass is 752 g/mol. The van der Waals surface area contributed by atoms with Crippen molar-refractivity contribution < 1.29 is 32.1 Å². The molecule has 3 heterocycles. The fraction of sp³-hybridized carbons (Fsp3) is 0.526. The first-order chi connectivity index (χ1) is 23.7. The SMILES string of the molecule is C.C1CCOC1.COC[C@H]1CN(S(=O)(=O)c2ccc(C)cc2)C(Cc2ccc(Cl)cc2)CO1.COC[C@H]1CNC(Cc2ccc(Cl)cc2)CO1. The minimum atomic E-state index is -3.64. The second kappa shape index (κ2) is 22.1. The molecule has 3 aliphatic rings. The van der Waals surface area contributed by atoms with Gasteiger partial charge in [0.05, 0.1) is 49.6 Å². The van der Waals surface area contributed by atoms with Gasteiger partial charge in [-0.3, -0.25) is 0 Å². The number of nitrogens with zero attached hydrogens (tertiary/aromatic N) is 1. The van der Waals surface area contributed by atoms with E-state index in [1.807, 2.05) is 55.5 Å². The van der Waals surface area contributed by atoms with Gasteiger partial charge < -0.3 is 29.0 Å². The van der Waals surface area contributed by atoms with Gasteiger partial charge in [0.15, 0.2) is 0 Å². The molecule has 3 fully saturated rings. The Morgan fingerprint density at radius 2 is 1.32 bits per heavy atom. The van der Waals surface area contributed by atoms with Crippen molar-refractivity contribution in [2.45, 2.75) is 69.2 Å². The van der Waals surface area contributed by atoms with E-state index < -0.39 is 10.0 Å². The molecule has 0 saturated carbocycles. The van der Waals surface area contributed by atoms with Gasteiger partial charge in [-0.25, -0.2) is 8.42 Å². The number of rotatable bonds is 10. The van der Waals surface area contributed by atoms with E-state index in [2.05, 4.69) is 17.4 Å². The first-order valence-corrected chi connectivity index (χ1v) is 19.0. The molecular weight excluding hydrogens is 699 g/mol. The van der Waals surface area contributed by atoms with Crippen LogP contribution in [0.25, 0.3) is 0 Å². The van der Waals surface area contributed by atoms with Crippen LogP contribution < -0.4 is 5.32 Å². The van der Waals surface area contributed by atoms with Gasteiger partial charge in [0.2, 0.25) is 10.0 Å². The number of morpholine rings is 2. The number of ether oxygens (including phenoxy) is 5. The third kappa shape index (κ3) is 13.8. The smallest absolute Gasteiger partial charge is 0.243 e. The number of sulfonamides is 1. The van der Waals surface area contributed by atoms with E-state index in [0.717, 1.165) is 48.9 Å². The summed E-state index contributed by atoms with van der Waals surface area (Å²) in [5.41, 5.74) is 3.31. The Kier molecular flexibility index (Phi) is 18.7. The van der Waals surface area contributed by atoms with Gasteiger partial charge in [-0.15, -0.1) is 0 Å². The fourth-order valence-electron chi connectivity index (χ4n) is 5.72. The van der Waals surface area contributed by atoms with Crippen LogP contribution in [0.5, 0.6) is 0 Å². The van der Waals surface area contributed by atoms with Crippen LogP contribution in [0.4, 0.5) is 0 Å². The highest BCUT2D eigenvalue weighted by Gasteiger charge is 2.37. The molecule has 278 valence electrons.